The van der Waals surface area contributed by atoms with Gasteiger partial charge in [0.15, 0.2) is 9.84 Å². The largest absolute Gasteiger partial charge is 0.393 e. The number of hydrogen-bond donors (Lipinski definition) is 2. The maximum Gasteiger partial charge on any atom is 0.163 e. The number of sulfone groups is 1. The third-order valence-electron chi connectivity index (χ3n) is 2.70. The molecular weight excluding hydrogens is 190 g/mol. The van der Waals surface area contributed by atoms with E-state index in [2.05, 4.69) is 0 Å². The van der Waals surface area contributed by atoms with Gasteiger partial charge >= 0.3 is 0 Å². The fraction of sp³-hybridized carbons (Fsp3) is 1.00. The summed E-state index contributed by atoms with van der Waals surface area (Å²) in [5, 5.41) is 8.47. The van der Waals surface area contributed by atoms with Crippen LogP contribution in [0.2, 0.25) is 0 Å². The highest BCUT2D eigenvalue weighted by Crippen LogP contribution is 2.27. The molecule has 5 heteroatoms. The molecule has 78 valence electrons. The van der Waals surface area contributed by atoms with Crippen LogP contribution in [0.3, 0.4) is 0 Å². The van der Waals surface area contributed by atoms with Crippen LogP contribution in [-0.2, 0) is 9.84 Å². The van der Waals surface area contributed by atoms with Gasteiger partial charge in [0.05, 0.1) is 6.10 Å². The van der Waals surface area contributed by atoms with Crippen molar-refractivity contribution in [3.05, 3.63) is 0 Å². The van der Waals surface area contributed by atoms with Crippen LogP contribution in [0.4, 0.5) is 0 Å². The van der Waals surface area contributed by atoms with Gasteiger partial charge in [0, 0.05) is 6.26 Å². The van der Waals surface area contributed by atoms with Gasteiger partial charge in [-0.15, -0.1) is 0 Å². The molecule has 1 unspecified atom stereocenters. The molecule has 0 amide bonds. The fourth-order valence-corrected chi connectivity index (χ4v) is 2.75. The summed E-state index contributed by atoms with van der Waals surface area (Å²) in [7, 11) is -3.12. The first-order valence-corrected chi connectivity index (χ1v) is 6.49. The molecule has 1 fully saturated rings. The summed E-state index contributed by atoms with van der Waals surface area (Å²) in [6.45, 7) is 0. The molecule has 1 aliphatic rings. The molecule has 1 saturated carbocycles. The van der Waals surface area contributed by atoms with Gasteiger partial charge in [-0.05, 0) is 31.6 Å². The Morgan fingerprint density at radius 3 is 2.15 bits per heavy atom. The predicted molar refractivity (Wildman–Crippen MR) is 50.8 cm³/mol. The summed E-state index contributed by atoms with van der Waals surface area (Å²) >= 11 is 0. The predicted octanol–water partition coefficient (Wildman–Crippen LogP) is -0.133. The third-order valence-corrected chi connectivity index (χ3v) is 4.07. The van der Waals surface area contributed by atoms with E-state index in [0.717, 1.165) is 12.8 Å². The number of nitrogens with two attached hydrogens (primary N) is 1. The van der Waals surface area contributed by atoms with Crippen molar-refractivity contribution in [3.8, 4) is 0 Å². The number of rotatable bonds is 2. The van der Waals surface area contributed by atoms with Gasteiger partial charge in [0.2, 0.25) is 0 Å². The van der Waals surface area contributed by atoms with E-state index in [4.69, 9.17) is 5.73 Å². The van der Waals surface area contributed by atoms with Crippen molar-refractivity contribution >= 4 is 9.84 Å². The second-order valence-corrected chi connectivity index (χ2v) is 6.07. The normalized spacial score (nSPS) is 32.8. The molecule has 0 aliphatic heterocycles. The molecule has 4 nitrogen and oxygen atoms in total. The molecule has 1 rings (SSSR count). The minimum absolute atomic E-state index is 0.0263. The quantitative estimate of drug-likeness (QED) is 0.661. The molecule has 0 heterocycles. The maximum atomic E-state index is 11.1. The van der Waals surface area contributed by atoms with Gasteiger partial charge in [-0.1, -0.05) is 0 Å². The Morgan fingerprint density at radius 1 is 1.31 bits per heavy atom. The highest BCUT2D eigenvalue weighted by Gasteiger charge is 2.29. The molecule has 13 heavy (non-hydrogen) atoms. The molecule has 0 aromatic rings. The summed E-state index contributed by atoms with van der Waals surface area (Å²) < 4.78 is 22.2. The van der Waals surface area contributed by atoms with E-state index < -0.39 is 15.2 Å². The standard InChI is InChI=1S/C8H17NO3S/c1-13(11,12)8(9)6-2-4-7(10)5-3-6/h6-8,10H,2-5,9H2,1H3. The molecule has 1 aliphatic carbocycles. The van der Waals surface area contributed by atoms with E-state index in [9.17, 15) is 13.5 Å². The lowest BCUT2D eigenvalue weighted by atomic mass is 9.87. The fourth-order valence-electron chi connectivity index (χ4n) is 1.78. The van der Waals surface area contributed by atoms with E-state index in [1.54, 1.807) is 0 Å². The van der Waals surface area contributed by atoms with Crippen molar-refractivity contribution in [2.24, 2.45) is 11.7 Å². The topological polar surface area (TPSA) is 80.4 Å². The first-order valence-electron chi connectivity index (χ1n) is 4.54. The van der Waals surface area contributed by atoms with Crippen molar-refractivity contribution in [1.29, 1.82) is 0 Å². The molecule has 0 saturated heterocycles. The average Bonchev–Trinajstić information content (AvgIpc) is 2.03. The van der Waals surface area contributed by atoms with E-state index in [1.165, 1.54) is 6.26 Å². The first kappa shape index (κ1) is 10.9. The van der Waals surface area contributed by atoms with Crippen molar-refractivity contribution in [2.45, 2.75) is 37.2 Å². The van der Waals surface area contributed by atoms with E-state index in [-0.39, 0.29) is 12.0 Å². The number of aliphatic hydroxyl groups is 1. The van der Waals surface area contributed by atoms with Crippen LogP contribution in [0, 0.1) is 5.92 Å². The summed E-state index contributed by atoms with van der Waals surface area (Å²) in [4.78, 5) is 0. The summed E-state index contributed by atoms with van der Waals surface area (Å²) in [5.74, 6) is 0.0263. The zero-order valence-electron chi connectivity index (χ0n) is 7.81. The first-order chi connectivity index (χ1) is 5.91. The van der Waals surface area contributed by atoms with Gasteiger partial charge in [-0.3, -0.25) is 0 Å². The van der Waals surface area contributed by atoms with Gasteiger partial charge < -0.3 is 10.8 Å². The lowest BCUT2D eigenvalue weighted by Crippen LogP contribution is -2.39. The van der Waals surface area contributed by atoms with Gasteiger partial charge in [-0.25, -0.2) is 8.42 Å². The Bertz CT molecular complexity index is 255. The van der Waals surface area contributed by atoms with E-state index in [0.29, 0.717) is 12.8 Å². The Balaban J connectivity index is 2.55. The van der Waals surface area contributed by atoms with Crippen LogP contribution < -0.4 is 5.73 Å². The molecule has 0 bridgehead atoms. The van der Waals surface area contributed by atoms with Crippen molar-refractivity contribution < 1.29 is 13.5 Å². The number of aliphatic hydroxyl groups excluding tert-OH is 1. The maximum absolute atomic E-state index is 11.1. The molecule has 0 aromatic heterocycles. The Labute approximate surface area is 79.0 Å². The van der Waals surface area contributed by atoms with E-state index in [1.807, 2.05) is 0 Å². The van der Waals surface area contributed by atoms with Crippen LogP contribution in [0.5, 0.6) is 0 Å². The third kappa shape index (κ3) is 2.93. The summed E-state index contributed by atoms with van der Waals surface area (Å²) in [6.07, 6.45) is 3.69. The second kappa shape index (κ2) is 3.94. The van der Waals surface area contributed by atoms with Crippen LogP contribution in [0.1, 0.15) is 25.7 Å². The van der Waals surface area contributed by atoms with E-state index >= 15 is 0 Å². The highest BCUT2D eigenvalue weighted by molar-refractivity contribution is 7.91. The zero-order chi connectivity index (χ0) is 10.1. The van der Waals surface area contributed by atoms with Crippen LogP contribution in [-0.4, -0.2) is 31.3 Å². The Kier molecular flexibility index (Phi) is 3.32. The van der Waals surface area contributed by atoms with Crippen LogP contribution >= 0.6 is 0 Å². The Morgan fingerprint density at radius 2 is 1.77 bits per heavy atom. The molecular formula is C8H17NO3S. The van der Waals surface area contributed by atoms with Crippen molar-refractivity contribution in [1.82, 2.24) is 0 Å². The van der Waals surface area contributed by atoms with Crippen LogP contribution in [0.25, 0.3) is 0 Å². The smallest absolute Gasteiger partial charge is 0.163 e. The Hall–Kier alpha value is -0.130. The second-order valence-electron chi connectivity index (χ2n) is 3.86. The molecule has 0 radical (unpaired) electrons. The zero-order valence-corrected chi connectivity index (χ0v) is 8.63. The molecule has 0 aromatic carbocycles. The summed E-state index contributed by atoms with van der Waals surface area (Å²) in [6, 6.07) is 0. The molecule has 0 spiro atoms. The van der Waals surface area contributed by atoms with Gasteiger partial charge in [-0.2, -0.15) is 0 Å². The molecule has 3 N–H and O–H groups in total. The minimum atomic E-state index is -3.12. The molecule has 1 atom stereocenters. The average molecular weight is 207 g/mol. The summed E-state index contributed by atoms with van der Waals surface area (Å²) in [5.41, 5.74) is 5.60. The number of hydrogen-bond acceptors (Lipinski definition) is 4. The van der Waals surface area contributed by atoms with Crippen molar-refractivity contribution in [3.63, 3.8) is 0 Å². The van der Waals surface area contributed by atoms with Crippen LogP contribution in [0.15, 0.2) is 0 Å². The van der Waals surface area contributed by atoms with Gasteiger partial charge in [0.25, 0.3) is 0 Å². The lowest BCUT2D eigenvalue weighted by molar-refractivity contribution is 0.108. The van der Waals surface area contributed by atoms with Crippen molar-refractivity contribution in [2.75, 3.05) is 6.26 Å². The van der Waals surface area contributed by atoms with Gasteiger partial charge in [0.1, 0.15) is 5.37 Å². The lowest BCUT2D eigenvalue weighted by Gasteiger charge is -2.28. The minimum Gasteiger partial charge on any atom is -0.393 e. The SMILES string of the molecule is CS(=O)(=O)C(N)C1CCC(O)CC1. The highest BCUT2D eigenvalue weighted by atomic mass is 32.2. The monoisotopic (exact) mass is 207 g/mol.